The van der Waals surface area contributed by atoms with Crippen molar-refractivity contribution in [3.63, 3.8) is 0 Å². The molecular formula is C25H26F2N2O3. The van der Waals surface area contributed by atoms with Crippen LogP contribution in [0.2, 0.25) is 0 Å². The Morgan fingerprint density at radius 1 is 1.00 bits per heavy atom. The second-order valence-electron chi connectivity index (χ2n) is 9.05. The number of fused-ring (bicyclic) bond motifs is 2. The molecule has 0 bridgehead atoms. The minimum absolute atomic E-state index is 0.0624. The van der Waals surface area contributed by atoms with Crippen molar-refractivity contribution in [3.8, 4) is 16.9 Å². The van der Waals surface area contributed by atoms with Gasteiger partial charge >= 0.3 is 0 Å². The SMILES string of the molecule is CN1C(=O)c2ccc(-c3ccc(F)cc3F)cc2OC2CN(C(=O)C3CCCCC3)CC21. The molecule has 1 aliphatic carbocycles. The lowest BCUT2D eigenvalue weighted by Crippen LogP contribution is -2.44. The average Bonchev–Trinajstić information content (AvgIpc) is 3.18. The van der Waals surface area contributed by atoms with Crippen LogP contribution in [-0.4, -0.2) is 53.9 Å². The zero-order chi connectivity index (χ0) is 22.4. The van der Waals surface area contributed by atoms with Crippen LogP contribution in [0.15, 0.2) is 36.4 Å². The summed E-state index contributed by atoms with van der Waals surface area (Å²) in [7, 11) is 1.74. The standard InChI is InChI=1S/C25H26F2N2O3/c1-28-21-13-29(24(30)15-5-3-2-4-6-15)14-23(21)32-22-11-16(7-9-19(22)25(28)31)18-10-8-17(26)12-20(18)27/h7-12,15,21,23H,2-6,13-14H2,1H3. The third kappa shape index (κ3) is 3.63. The van der Waals surface area contributed by atoms with Gasteiger partial charge in [-0.3, -0.25) is 9.59 Å². The zero-order valence-corrected chi connectivity index (χ0v) is 18.0. The van der Waals surface area contributed by atoms with E-state index in [2.05, 4.69) is 0 Å². The van der Waals surface area contributed by atoms with Crippen LogP contribution in [-0.2, 0) is 4.79 Å². The Bertz CT molecular complexity index is 1070. The van der Waals surface area contributed by atoms with E-state index in [1.54, 1.807) is 30.1 Å². The summed E-state index contributed by atoms with van der Waals surface area (Å²) in [6, 6.07) is 8.07. The van der Waals surface area contributed by atoms with Crippen LogP contribution in [0.1, 0.15) is 42.5 Å². The fourth-order valence-electron chi connectivity index (χ4n) is 5.22. The smallest absolute Gasteiger partial charge is 0.257 e. The molecule has 2 aromatic carbocycles. The van der Waals surface area contributed by atoms with E-state index in [1.165, 1.54) is 18.6 Å². The first-order chi connectivity index (χ1) is 15.4. The molecule has 7 heteroatoms. The van der Waals surface area contributed by atoms with E-state index in [-0.39, 0.29) is 35.4 Å². The van der Waals surface area contributed by atoms with Crippen LogP contribution in [0, 0.1) is 17.6 Å². The van der Waals surface area contributed by atoms with Gasteiger partial charge in [-0.2, -0.15) is 0 Å². The van der Waals surface area contributed by atoms with Gasteiger partial charge in [0.05, 0.1) is 18.2 Å². The molecule has 2 fully saturated rings. The van der Waals surface area contributed by atoms with E-state index in [4.69, 9.17) is 4.74 Å². The summed E-state index contributed by atoms with van der Waals surface area (Å²) in [4.78, 5) is 29.7. The molecule has 2 aliphatic heterocycles. The van der Waals surface area contributed by atoms with Crippen LogP contribution in [0.3, 0.4) is 0 Å². The Morgan fingerprint density at radius 2 is 1.75 bits per heavy atom. The number of hydrogen-bond donors (Lipinski definition) is 0. The lowest BCUT2D eigenvalue weighted by Gasteiger charge is -2.27. The van der Waals surface area contributed by atoms with E-state index in [9.17, 15) is 18.4 Å². The topological polar surface area (TPSA) is 49.9 Å². The molecule has 1 saturated heterocycles. The quantitative estimate of drug-likeness (QED) is 0.701. The number of halogens is 2. The molecule has 0 N–H and O–H groups in total. The largest absolute Gasteiger partial charge is 0.485 e. The van der Waals surface area contributed by atoms with E-state index in [1.807, 2.05) is 4.90 Å². The van der Waals surface area contributed by atoms with Crippen molar-refractivity contribution in [2.24, 2.45) is 5.92 Å². The summed E-state index contributed by atoms with van der Waals surface area (Å²) in [5.74, 6) is -0.930. The summed E-state index contributed by atoms with van der Waals surface area (Å²) in [6.07, 6.45) is 4.85. The Kier molecular flexibility index (Phi) is 5.35. The number of amides is 2. The monoisotopic (exact) mass is 440 g/mol. The molecule has 0 spiro atoms. The number of rotatable bonds is 2. The molecule has 168 valence electrons. The van der Waals surface area contributed by atoms with Gasteiger partial charge in [0.25, 0.3) is 5.91 Å². The normalized spacial score (nSPS) is 23.4. The maximum absolute atomic E-state index is 14.3. The highest BCUT2D eigenvalue weighted by Crippen LogP contribution is 2.36. The van der Waals surface area contributed by atoms with Gasteiger partial charge in [-0.1, -0.05) is 25.3 Å². The summed E-state index contributed by atoms with van der Waals surface area (Å²) in [5.41, 5.74) is 1.14. The minimum Gasteiger partial charge on any atom is -0.485 e. The van der Waals surface area contributed by atoms with Crippen molar-refractivity contribution in [1.82, 2.24) is 9.80 Å². The average molecular weight is 440 g/mol. The highest BCUT2D eigenvalue weighted by molar-refractivity contribution is 5.98. The number of carbonyl (C=O) groups is 2. The van der Waals surface area contributed by atoms with E-state index in [0.717, 1.165) is 31.7 Å². The lowest BCUT2D eigenvalue weighted by molar-refractivity contribution is -0.135. The van der Waals surface area contributed by atoms with E-state index >= 15 is 0 Å². The van der Waals surface area contributed by atoms with Crippen molar-refractivity contribution >= 4 is 11.8 Å². The van der Waals surface area contributed by atoms with Gasteiger partial charge in [0.2, 0.25) is 5.91 Å². The second kappa shape index (κ2) is 8.19. The van der Waals surface area contributed by atoms with Crippen LogP contribution < -0.4 is 4.74 Å². The van der Waals surface area contributed by atoms with Gasteiger partial charge in [0.15, 0.2) is 0 Å². The van der Waals surface area contributed by atoms with Crippen molar-refractivity contribution in [3.05, 3.63) is 53.6 Å². The first kappa shape index (κ1) is 20.9. The third-order valence-electron chi connectivity index (χ3n) is 7.05. The molecule has 2 unspecified atom stereocenters. The van der Waals surface area contributed by atoms with Crippen LogP contribution >= 0.6 is 0 Å². The van der Waals surface area contributed by atoms with Gasteiger partial charge in [0.1, 0.15) is 23.5 Å². The Balaban J connectivity index is 1.43. The van der Waals surface area contributed by atoms with Crippen molar-refractivity contribution in [2.45, 2.75) is 44.2 Å². The van der Waals surface area contributed by atoms with Gasteiger partial charge in [0, 0.05) is 31.1 Å². The first-order valence-corrected chi connectivity index (χ1v) is 11.2. The van der Waals surface area contributed by atoms with Crippen LogP contribution in [0.4, 0.5) is 8.78 Å². The fourth-order valence-corrected chi connectivity index (χ4v) is 5.22. The second-order valence-corrected chi connectivity index (χ2v) is 9.05. The summed E-state index contributed by atoms with van der Waals surface area (Å²) >= 11 is 0. The predicted octanol–water partition coefficient (Wildman–Crippen LogP) is 4.26. The fraction of sp³-hybridized carbons (Fsp3) is 0.440. The third-order valence-corrected chi connectivity index (χ3v) is 7.05. The molecule has 3 aliphatic rings. The Labute approximate surface area is 186 Å². The number of hydrogen-bond acceptors (Lipinski definition) is 3. The zero-order valence-electron chi connectivity index (χ0n) is 18.0. The number of nitrogens with zero attached hydrogens (tertiary/aromatic N) is 2. The first-order valence-electron chi connectivity index (χ1n) is 11.2. The van der Waals surface area contributed by atoms with Crippen molar-refractivity contribution < 1.29 is 23.1 Å². The Hall–Kier alpha value is -2.96. The molecule has 5 rings (SSSR count). The number of ether oxygens (including phenoxy) is 1. The van der Waals surface area contributed by atoms with Crippen LogP contribution in [0.25, 0.3) is 11.1 Å². The molecule has 0 radical (unpaired) electrons. The number of likely N-dealkylation sites (tertiary alicyclic amines) is 1. The molecule has 2 heterocycles. The van der Waals surface area contributed by atoms with Crippen LogP contribution in [0.5, 0.6) is 5.75 Å². The Morgan fingerprint density at radius 3 is 2.50 bits per heavy atom. The molecule has 0 aromatic heterocycles. The summed E-state index contributed by atoms with van der Waals surface area (Å²) in [5, 5.41) is 0. The highest BCUT2D eigenvalue weighted by atomic mass is 19.1. The van der Waals surface area contributed by atoms with E-state index < -0.39 is 11.6 Å². The van der Waals surface area contributed by atoms with Gasteiger partial charge in [-0.05, 0) is 42.7 Å². The number of benzene rings is 2. The number of likely N-dealkylation sites (N-methyl/N-ethyl adjacent to an activating group) is 1. The molecule has 5 nitrogen and oxygen atoms in total. The molecule has 32 heavy (non-hydrogen) atoms. The lowest BCUT2D eigenvalue weighted by atomic mass is 9.88. The van der Waals surface area contributed by atoms with Crippen molar-refractivity contribution in [1.29, 1.82) is 0 Å². The molecule has 2 amide bonds. The van der Waals surface area contributed by atoms with Gasteiger partial charge < -0.3 is 14.5 Å². The number of carbonyl (C=O) groups excluding carboxylic acids is 2. The maximum atomic E-state index is 14.3. The maximum Gasteiger partial charge on any atom is 0.257 e. The van der Waals surface area contributed by atoms with Gasteiger partial charge in [-0.15, -0.1) is 0 Å². The highest BCUT2D eigenvalue weighted by Gasteiger charge is 2.44. The summed E-state index contributed by atoms with van der Waals surface area (Å²) < 4.78 is 33.9. The molecular weight excluding hydrogens is 414 g/mol. The predicted molar refractivity (Wildman–Crippen MR) is 115 cm³/mol. The molecule has 2 aromatic rings. The molecule has 2 atom stereocenters. The molecule has 1 saturated carbocycles. The van der Waals surface area contributed by atoms with E-state index in [0.29, 0.717) is 30.0 Å². The summed E-state index contributed by atoms with van der Waals surface area (Å²) in [6.45, 7) is 0.877. The minimum atomic E-state index is -0.676. The van der Waals surface area contributed by atoms with Crippen molar-refractivity contribution in [2.75, 3.05) is 20.1 Å². The van der Waals surface area contributed by atoms with Gasteiger partial charge in [-0.25, -0.2) is 8.78 Å².